The normalized spacial score (nSPS) is 19.8. The fourth-order valence-electron chi connectivity index (χ4n) is 8.63. The molecule has 0 N–H and O–H groups in total. The number of allylic oxidation sites excluding steroid dienone is 9. The summed E-state index contributed by atoms with van der Waals surface area (Å²) in [5.74, 6) is 0.789. The van der Waals surface area contributed by atoms with Gasteiger partial charge in [0.05, 0.1) is 0 Å². The molecule has 0 heteroatoms. The van der Waals surface area contributed by atoms with E-state index in [9.17, 15) is 0 Å². The number of benzene rings is 5. The van der Waals surface area contributed by atoms with E-state index < -0.39 is 0 Å². The molecule has 1 unspecified atom stereocenters. The zero-order valence-electron chi connectivity index (χ0n) is 26.5. The molecule has 0 saturated heterocycles. The van der Waals surface area contributed by atoms with Crippen molar-refractivity contribution in [3.8, 4) is 11.1 Å². The van der Waals surface area contributed by atoms with Gasteiger partial charge in [0.1, 0.15) is 0 Å². The Morgan fingerprint density at radius 3 is 2.20 bits per heavy atom. The zero-order chi connectivity index (χ0) is 30.6. The minimum Gasteiger partial charge on any atom is -0.0767 e. The largest absolute Gasteiger partial charge is 0.0767 e. The molecule has 5 aromatic rings. The van der Waals surface area contributed by atoms with Crippen LogP contribution in [0.2, 0.25) is 0 Å². The minimum atomic E-state index is 0.371. The lowest BCUT2D eigenvalue weighted by Gasteiger charge is -2.29. The Morgan fingerprint density at radius 2 is 1.33 bits per heavy atom. The van der Waals surface area contributed by atoms with Crippen LogP contribution in [-0.4, -0.2) is 0 Å². The molecule has 0 aromatic heterocycles. The first-order chi connectivity index (χ1) is 22.8. The molecule has 0 saturated carbocycles. The van der Waals surface area contributed by atoms with Gasteiger partial charge in [0, 0.05) is 11.8 Å². The van der Waals surface area contributed by atoms with Crippen molar-refractivity contribution >= 4 is 50.9 Å². The summed E-state index contributed by atoms with van der Waals surface area (Å²) >= 11 is 0. The smallest absolute Gasteiger partial charge is 0.0125 e. The van der Waals surface area contributed by atoms with E-state index in [2.05, 4.69) is 147 Å². The van der Waals surface area contributed by atoms with Crippen LogP contribution in [0.4, 0.5) is 0 Å². The van der Waals surface area contributed by atoms with Gasteiger partial charge in [-0.05, 0) is 121 Å². The molecule has 0 fully saturated rings. The molecular weight excluding hydrogens is 553 g/mol. The third-order valence-electron chi connectivity index (χ3n) is 10.8. The fraction of sp³-hybridized carbons (Fsp3) is 0.174. The first-order valence-corrected chi connectivity index (χ1v) is 17.1. The Hall–Kier alpha value is -4.94. The fourth-order valence-corrected chi connectivity index (χ4v) is 8.63. The Bertz CT molecular complexity index is 2340. The van der Waals surface area contributed by atoms with Crippen LogP contribution < -0.4 is 10.4 Å². The SMILES string of the molecule is Cc1c(-c2c3c(c(C4=CC=C[C@@H]5C=CC=CC45)c4ccccc24)=CCCC=3)ccc2c1C=C(c1cccc3ccccc13)CCC2. The predicted octanol–water partition coefficient (Wildman–Crippen LogP) is 10.5. The number of hydrogen-bond acceptors (Lipinski definition) is 0. The Balaban J connectivity index is 1.29. The molecule has 9 rings (SSSR count). The lowest BCUT2D eigenvalue weighted by atomic mass is 9.74. The van der Waals surface area contributed by atoms with Crippen molar-refractivity contribution in [1.29, 1.82) is 0 Å². The van der Waals surface area contributed by atoms with Crippen molar-refractivity contribution in [3.63, 3.8) is 0 Å². The van der Waals surface area contributed by atoms with Gasteiger partial charge in [0.15, 0.2) is 0 Å². The molecule has 4 aliphatic carbocycles. The average Bonchev–Trinajstić information content (AvgIpc) is 3.34. The van der Waals surface area contributed by atoms with Crippen LogP contribution >= 0.6 is 0 Å². The summed E-state index contributed by atoms with van der Waals surface area (Å²) in [6.07, 6.45) is 29.3. The molecule has 5 aromatic carbocycles. The quantitative estimate of drug-likeness (QED) is 0.196. The van der Waals surface area contributed by atoms with Gasteiger partial charge in [-0.1, -0.05) is 140 Å². The lowest BCUT2D eigenvalue weighted by molar-refractivity contribution is 0.678. The van der Waals surface area contributed by atoms with Crippen LogP contribution in [0.1, 0.15) is 53.5 Å². The summed E-state index contributed by atoms with van der Waals surface area (Å²) in [5.41, 5.74) is 12.8. The second kappa shape index (κ2) is 11.1. The third-order valence-corrected chi connectivity index (χ3v) is 10.8. The molecule has 0 heterocycles. The highest BCUT2D eigenvalue weighted by Gasteiger charge is 2.27. The Labute approximate surface area is 271 Å². The first kappa shape index (κ1) is 27.4. The highest BCUT2D eigenvalue weighted by atomic mass is 14.3. The highest BCUT2D eigenvalue weighted by Crippen LogP contribution is 2.42. The maximum absolute atomic E-state index is 2.53. The van der Waals surface area contributed by atoms with Gasteiger partial charge in [0.25, 0.3) is 0 Å². The van der Waals surface area contributed by atoms with Crippen LogP contribution in [-0.2, 0) is 6.42 Å². The lowest BCUT2D eigenvalue weighted by Crippen LogP contribution is -2.34. The molecule has 0 bridgehead atoms. The number of rotatable bonds is 3. The summed E-state index contributed by atoms with van der Waals surface area (Å²) in [6, 6.07) is 29.7. The first-order valence-electron chi connectivity index (χ1n) is 17.1. The molecule has 222 valence electrons. The zero-order valence-corrected chi connectivity index (χ0v) is 26.5. The van der Waals surface area contributed by atoms with Crippen molar-refractivity contribution in [3.05, 3.63) is 160 Å². The summed E-state index contributed by atoms with van der Waals surface area (Å²) in [6.45, 7) is 2.37. The van der Waals surface area contributed by atoms with E-state index >= 15 is 0 Å². The standard InChI is InChI=1S/C46H38/c1-30-35(28-27-33-15-10-18-34(29-44(30)33)38-25-11-16-31-13-2-4-19-36(31)38)45-40-21-6-8-23-42(40)46(43-24-9-7-22-41(43)45)39-26-12-17-32-14-3-5-20-37(32)39/h2-6,8,11-14,16-17,19-29,32,37H,7,9-10,15,18H2,1H3/t32-,37?/m0/s1. The van der Waals surface area contributed by atoms with Crippen molar-refractivity contribution in [1.82, 2.24) is 0 Å². The molecule has 46 heavy (non-hydrogen) atoms. The number of fused-ring (bicyclic) bond motifs is 5. The maximum atomic E-state index is 2.53. The molecule has 2 atom stereocenters. The van der Waals surface area contributed by atoms with E-state index in [1.807, 2.05) is 0 Å². The van der Waals surface area contributed by atoms with Crippen LogP contribution in [0.5, 0.6) is 0 Å². The van der Waals surface area contributed by atoms with Gasteiger partial charge in [-0.15, -0.1) is 0 Å². The second-order valence-corrected chi connectivity index (χ2v) is 13.3. The van der Waals surface area contributed by atoms with E-state index in [1.54, 1.807) is 0 Å². The molecular formula is C46H38. The van der Waals surface area contributed by atoms with Gasteiger partial charge < -0.3 is 0 Å². The van der Waals surface area contributed by atoms with E-state index in [-0.39, 0.29) is 0 Å². The Kier molecular flexibility index (Phi) is 6.63. The molecule has 0 spiro atoms. The van der Waals surface area contributed by atoms with E-state index in [4.69, 9.17) is 0 Å². The molecule has 4 aliphatic rings. The van der Waals surface area contributed by atoms with Gasteiger partial charge in [-0.2, -0.15) is 0 Å². The monoisotopic (exact) mass is 590 g/mol. The van der Waals surface area contributed by atoms with E-state index in [0.29, 0.717) is 11.8 Å². The average molecular weight is 591 g/mol. The topological polar surface area (TPSA) is 0 Å². The summed E-state index contributed by atoms with van der Waals surface area (Å²) in [5, 5.41) is 8.23. The number of aryl methyl sites for hydroxylation is 1. The maximum Gasteiger partial charge on any atom is 0.0125 e. The van der Waals surface area contributed by atoms with Crippen molar-refractivity contribution in [2.75, 3.05) is 0 Å². The molecule has 0 radical (unpaired) electrons. The van der Waals surface area contributed by atoms with Gasteiger partial charge >= 0.3 is 0 Å². The van der Waals surface area contributed by atoms with Crippen LogP contribution in [0.25, 0.3) is 62.0 Å². The predicted molar refractivity (Wildman–Crippen MR) is 199 cm³/mol. The van der Waals surface area contributed by atoms with Gasteiger partial charge in [0.2, 0.25) is 0 Å². The van der Waals surface area contributed by atoms with Gasteiger partial charge in [-0.25, -0.2) is 0 Å². The third kappa shape index (κ3) is 4.35. The van der Waals surface area contributed by atoms with Crippen LogP contribution in [0.15, 0.2) is 121 Å². The van der Waals surface area contributed by atoms with E-state index in [1.165, 1.54) is 88.5 Å². The summed E-state index contributed by atoms with van der Waals surface area (Å²) < 4.78 is 0. The van der Waals surface area contributed by atoms with Crippen LogP contribution in [0.3, 0.4) is 0 Å². The van der Waals surface area contributed by atoms with Crippen molar-refractivity contribution in [2.45, 2.75) is 39.0 Å². The number of hydrogen-bond donors (Lipinski definition) is 0. The highest BCUT2D eigenvalue weighted by molar-refractivity contribution is 6.05. The van der Waals surface area contributed by atoms with Crippen molar-refractivity contribution in [2.24, 2.45) is 11.8 Å². The molecule has 0 nitrogen and oxygen atoms in total. The van der Waals surface area contributed by atoms with E-state index in [0.717, 1.165) is 25.7 Å². The van der Waals surface area contributed by atoms with Crippen LogP contribution in [0, 0.1) is 18.8 Å². The minimum absolute atomic E-state index is 0.371. The van der Waals surface area contributed by atoms with Crippen molar-refractivity contribution < 1.29 is 0 Å². The Morgan fingerprint density at radius 1 is 0.609 bits per heavy atom. The molecule has 0 aliphatic heterocycles. The van der Waals surface area contributed by atoms with Gasteiger partial charge in [-0.3, -0.25) is 0 Å². The summed E-state index contributed by atoms with van der Waals surface area (Å²) in [7, 11) is 0. The second-order valence-electron chi connectivity index (χ2n) is 13.3. The summed E-state index contributed by atoms with van der Waals surface area (Å²) in [4.78, 5) is 0. The molecule has 0 amide bonds.